The van der Waals surface area contributed by atoms with Gasteiger partial charge >= 0.3 is 0 Å². The van der Waals surface area contributed by atoms with Crippen LogP contribution in [-0.2, 0) is 10.1 Å². The van der Waals surface area contributed by atoms with Gasteiger partial charge in [0.25, 0.3) is 10.1 Å². The van der Waals surface area contributed by atoms with Gasteiger partial charge in [-0.3, -0.25) is 4.55 Å². The second-order valence-corrected chi connectivity index (χ2v) is 4.49. The first-order valence-electron chi connectivity index (χ1n) is 3.91. The van der Waals surface area contributed by atoms with E-state index in [1.54, 1.807) is 0 Å². The third-order valence-electron chi connectivity index (χ3n) is 1.55. The fourth-order valence-corrected chi connectivity index (χ4v) is 1.88. The maximum atomic E-state index is 10.4. The van der Waals surface area contributed by atoms with Crippen molar-refractivity contribution in [3.8, 4) is 0 Å². The molecule has 0 aromatic heterocycles. The van der Waals surface area contributed by atoms with Gasteiger partial charge in [0.15, 0.2) is 0 Å². The van der Waals surface area contributed by atoms with Crippen molar-refractivity contribution in [1.29, 1.82) is 0 Å². The van der Waals surface area contributed by atoms with E-state index in [-0.39, 0.29) is 11.7 Å². The lowest BCUT2D eigenvalue weighted by atomic mass is 10.1. The first kappa shape index (κ1) is 10.9. The van der Waals surface area contributed by atoms with E-state index in [2.05, 4.69) is 6.92 Å². The molecule has 0 fully saturated rings. The van der Waals surface area contributed by atoms with E-state index < -0.39 is 10.1 Å². The summed E-state index contributed by atoms with van der Waals surface area (Å²) in [7, 11) is -3.75. The van der Waals surface area contributed by atoms with Crippen LogP contribution in [0.15, 0.2) is 0 Å². The number of unbranched alkanes of at least 4 members (excludes halogenated alkanes) is 1. The summed E-state index contributed by atoms with van der Waals surface area (Å²) in [6, 6.07) is 0. The molecule has 1 N–H and O–H groups in total. The summed E-state index contributed by atoms with van der Waals surface area (Å²) in [5.74, 6) is -0.0301. The van der Waals surface area contributed by atoms with Gasteiger partial charge in [-0.2, -0.15) is 8.42 Å². The number of hydrogen-bond donors (Lipinski definition) is 1. The highest BCUT2D eigenvalue weighted by molar-refractivity contribution is 7.85. The summed E-state index contributed by atoms with van der Waals surface area (Å²) in [5.41, 5.74) is 0. The summed E-state index contributed by atoms with van der Waals surface area (Å²) in [4.78, 5) is 0. The fourth-order valence-electron chi connectivity index (χ4n) is 0.995. The molecule has 11 heavy (non-hydrogen) atoms. The van der Waals surface area contributed by atoms with Crippen molar-refractivity contribution in [3.63, 3.8) is 0 Å². The largest absolute Gasteiger partial charge is 0.286 e. The Labute approximate surface area is 68.6 Å². The summed E-state index contributed by atoms with van der Waals surface area (Å²) in [6.45, 7) is 3.89. The van der Waals surface area contributed by atoms with Gasteiger partial charge in [0.05, 0.1) is 5.75 Å². The Balaban J connectivity index is 3.61. The average Bonchev–Trinajstić information content (AvgIpc) is 1.79. The second-order valence-electron chi connectivity index (χ2n) is 3.00. The first-order chi connectivity index (χ1) is 4.95. The lowest BCUT2D eigenvalue weighted by Gasteiger charge is -2.06. The van der Waals surface area contributed by atoms with Crippen LogP contribution >= 0.6 is 0 Å². The molecule has 3 nitrogen and oxygen atoms in total. The minimum absolute atomic E-state index is 0.0740. The fraction of sp³-hybridized carbons (Fsp3) is 1.00. The van der Waals surface area contributed by atoms with Crippen molar-refractivity contribution in [2.75, 3.05) is 5.75 Å². The van der Waals surface area contributed by atoms with Gasteiger partial charge in [-0.15, -0.1) is 0 Å². The quantitative estimate of drug-likeness (QED) is 0.655. The molecule has 0 aliphatic rings. The SMILES string of the molecule is CCCC[C@H](C)CS(=O)(=O)O. The van der Waals surface area contributed by atoms with E-state index >= 15 is 0 Å². The zero-order valence-electron chi connectivity index (χ0n) is 7.08. The molecule has 0 heterocycles. The maximum Gasteiger partial charge on any atom is 0.265 e. The second kappa shape index (κ2) is 4.72. The summed E-state index contributed by atoms with van der Waals surface area (Å²) in [6.07, 6.45) is 2.96. The Morgan fingerprint density at radius 1 is 1.45 bits per heavy atom. The lowest BCUT2D eigenvalue weighted by molar-refractivity contribution is 0.459. The van der Waals surface area contributed by atoms with Gasteiger partial charge in [-0.05, 0) is 12.3 Å². The van der Waals surface area contributed by atoms with Gasteiger partial charge < -0.3 is 0 Å². The third-order valence-corrected chi connectivity index (χ3v) is 2.54. The molecule has 0 unspecified atom stereocenters. The summed E-state index contributed by atoms with van der Waals surface area (Å²) in [5, 5.41) is 0. The van der Waals surface area contributed by atoms with Crippen LogP contribution in [0.3, 0.4) is 0 Å². The Hall–Kier alpha value is -0.0900. The van der Waals surface area contributed by atoms with E-state index in [0.29, 0.717) is 0 Å². The number of hydrogen-bond acceptors (Lipinski definition) is 2. The molecule has 1 atom stereocenters. The normalized spacial score (nSPS) is 14.8. The number of rotatable bonds is 5. The monoisotopic (exact) mass is 180 g/mol. The van der Waals surface area contributed by atoms with Crippen molar-refractivity contribution in [1.82, 2.24) is 0 Å². The average molecular weight is 180 g/mol. The van der Waals surface area contributed by atoms with Gasteiger partial charge in [0, 0.05) is 0 Å². The Kier molecular flexibility index (Phi) is 4.68. The molecule has 0 saturated carbocycles. The summed E-state index contributed by atoms with van der Waals surface area (Å²) < 4.78 is 29.2. The van der Waals surface area contributed by atoms with Gasteiger partial charge in [0.1, 0.15) is 0 Å². The van der Waals surface area contributed by atoms with Gasteiger partial charge in [0.2, 0.25) is 0 Å². The molecule has 0 amide bonds. The van der Waals surface area contributed by atoms with Gasteiger partial charge in [-0.1, -0.05) is 26.7 Å². The van der Waals surface area contributed by atoms with E-state index in [9.17, 15) is 8.42 Å². The van der Waals surface area contributed by atoms with Crippen LogP contribution in [0.25, 0.3) is 0 Å². The van der Waals surface area contributed by atoms with Crippen molar-refractivity contribution in [3.05, 3.63) is 0 Å². The molecule has 0 aromatic rings. The van der Waals surface area contributed by atoms with E-state index in [1.807, 2.05) is 6.92 Å². The van der Waals surface area contributed by atoms with Crippen molar-refractivity contribution >= 4 is 10.1 Å². The van der Waals surface area contributed by atoms with Gasteiger partial charge in [-0.25, -0.2) is 0 Å². The Morgan fingerprint density at radius 3 is 2.36 bits per heavy atom. The first-order valence-corrected chi connectivity index (χ1v) is 5.51. The molecule has 0 spiro atoms. The van der Waals surface area contributed by atoms with Crippen LogP contribution in [0.1, 0.15) is 33.1 Å². The Morgan fingerprint density at radius 2 is 2.00 bits per heavy atom. The van der Waals surface area contributed by atoms with Crippen molar-refractivity contribution < 1.29 is 13.0 Å². The molecule has 0 saturated heterocycles. The van der Waals surface area contributed by atoms with Crippen LogP contribution in [-0.4, -0.2) is 18.7 Å². The zero-order valence-corrected chi connectivity index (χ0v) is 7.89. The van der Waals surface area contributed by atoms with Crippen LogP contribution < -0.4 is 0 Å². The Bertz CT molecular complexity index is 184. The molecule has 68 valence electrons. The summed E-state index contributed by atoms with van der Waals surface area (Å²) >= 11 is 0. The molecule has 4 heteroatoms. The molecule has 0 rings (SSSR count). The highest BCUT2D eigenvalue weighted by Crippen LogP contribution is 2.09. The molecular formula is C7H16O3S. The van der Waals surface area contributed by atoms with Crippen LogP contribution in [0.2, 0.25) is 0 Å². The highest BCUT2D eigenvalue weighted by Gasteiger charge is 2.10. The zero-order chi connectivity index (χ0) is 8.91. The molecule has 0 radical (unpaired) electrons. The molecular weight excluding hydrogens is 164 g/mol. The van der Waals surface area contributed by atoms with Crippen molar-refractivity contribution in [2.45, 2.75) is 33.1 Å². The van der Waals surface area contributed by atoms with Crippen LogP contribution in [0.4, 0.5) is 0 Å². The minimum atomic E-state index is -3.75. The molecule has 0 aliphatic heterocycles. The topological polar surface area (TPSA) is 54.4 Å². The minimum Gasteiger partial charge on any atom is -0.286 e. The maximum absolute atomic E-state index is 10.4. The smallest absolute Gasteiger partial charge is 0.265 e. The van der Waals surface area contributed by atoms with Crippen LogP contribution in [0, 0.1) is 5.92 Å². The molecule has 0 aromatic carbocycles. The van der Waals surface area contributed by atoms with E-state index in [0.717, 1.165) is 19.3 Å². The van der Waals surface area contributed by atoms with E-state index in [1.165, 1.54) is 0 Å². The molecule has 0 aliphatic carbocycles. The van der Waals surface area contributed by atoms with Crippen molar-refractivity contribution in [2.24, 2.45) is 5.92 Å². The predicted octanol–water partition coefficient (Wildman–Crippen LogP) is 1.70. The molecule has 0 bridgehead atoms. The van der Waals surface area contributed by atoms with Crippen LogP contribution in [0.5, 0.6) is 0 Å². The third kappa shape index (κ3) is 7.81. The van der Waals surface area contributed by atoms with E-state index in [4.69, 9.17) is 4.55 Å². The highest BCUT2D eigenvalue weighted by atomic mass is 32.2. The predicted molar refractivity (Wildman–Crippen MR) is 45.1 cm³/mol. The standard InChI is InChI=1S/C7H16O3S/c1-3-4-5-7(2)6-11(8,9)10/h7H,3-6H2,1-2H3,(H,8,9,10)/t7-/m0/s1. The lowest BCUT2D eigenvalue weighted by Crippen LogP contribution is -2.12.